The van der Waals surface area contributed by atoms with E-state index in [9.17, 15) is 4.39 Å². The van der Waals surface area contributed by atoms with Crippen molar-refractivity contribution >= 4 is 39.8 Å². The van der Waals surface area contributed by atoms with E-state index < -0.39 is 5.82 Å². The smallest absolute Gasteiger partial charge is 0.226 e. The van der Waals surface area contributed by atoms with Gasteiger partial charge in [0.15, 0.2) is 5.82 Å². The molecule has 3 rings (SSSR count). The molecule has 110 valence electrons. The second-order valence-electron chi connectivity index (χ2n) is 4.21. The minimum atomic E-state index is -0.461. The largest absolute Gasteiger partial charge is 0.395 e. The molecular formula is C12H11ClFN5OS. The molecule has 0 saturated carbocycles. The average molecular weight is 328 g/mol. The lowest BCUT2D eigenvalue weighted by Crippen LogP contribution is -2.05. The van der Waals surface area contributed by atoms with E-state index in [0.717, 1.165) is 5.01 Å². The van der Waals surface area contributed by atoms with Gasteiger partial charge in [0.25, 0.3) is 0 Å². The van der Waals surface area contributed by atoms with Crippen LogP contribution in [-0.2, 0) is 13.1 Å². The van der Waals surface area contributed by atoms with Crippen molar-refractivity contribution in [2.45, 2.75) is 13.1 Å². The molecule has 0 aliphatic heterocycles. The Morgan fingerprint density at radius 3 is 3.00 bits per heavy atom. The predicted octanol–water partition coefficient (Wildman–Crippen LogP) is 2.28. The highest BCUT2D eigenvalue weighted by Crippen LogP contribution is 2.27. The summed E-state index contributed by atoms with van der Waals surface area (Å²) < 4.78 is 15.6. The van der Waals surface area contributed by atoms with Gasteiger partial charge in [-0.05, 0) is 11.6 Å². The zero-order chi connectivity index (χ0) is 14.8. The molecule has 0 spiro atoms. The van der Waals surface area contributed by atoms with Crippen molar-refractivity contribution in [3.63, 3.8) is 0 Å². The summed E-state index contributed by atoms with van der Waals surface area (Å²) in [6, 6.07) is 0. The number of nitrogens with zero attached hydrogens (tertiary/aromatic N) is 4. The normalized spacial score (nSPS) is 11.2. The molecule has 3 aromatic rings. The number of aromatic nitrogens is 4. The molecule has 0 fully saturated rings. The molecule has 0 amide bonds. The van der Waals surface area contributed by atoms with Crippen LogP contribution in [0.5, 0.6) is 0 Å². The van der Waals surface area contributed by atoms with Crippen LogP contribution in [0.1, 0.15) is 5.01 Å². The molecule has 0 aliphatic carbocycles. The van der Waals surface area contributed by atoms with Gasteiger partial charge in [-0.2, -0.15) is 9.97 Å². The van der Waals surface area contributed by atoms with Crippen LogP contribution in [-0.4, -0.2) is 31.2 Å². The summed E-state index contributed by atoms with van der Waals surface area (Å²) in [5, 5.41) is 15.0. The fraction of sp³-hybridized carbons (Fsp3) is 0.250. The zero-order valence-electron chi connectivity index (χ0n) is 10.8. The van der Waals surface area contributed by atoms with Gasteiger partial charge in [0.2, 0.25) is 5.28 Å². The number of thiazole rings is 1. The van der Waals surface area contributed by atoms with Gasteiger partial charge in [-0.1, -0.05) is 0 Å². The maximum absolute atomic E-state index is 14.1. The highest BCUT2D eigenvalue weighted by molar-refractivity contribution is 7.09. The second-order valence-corrected chi connectivity index (χ2v) is 5.53. The van der Waals surface area contributed by atoms with E-state index in [-0.39, 0.29) is 23.8 Å². The fourth-order valence-corrected chi connectivity index (χ4v) is 2.74. The van der Waals surface area contributed by atoms with Crippen molar-refractivity contribution in [1.82, 2.24) is 19.5 Å². The lowest BCUT2D eigenvalue weighted by atomic mass is 10.3. The van der Waals surface area contributed by atoms with Crippen LogP contribution in [0.2, 0.25) is 5.28 Å². The topological polar surface area (TPSA) is 75.9 Å². The number of hydrogen-bond acceptors (Lipinski definition) is 6. The Kier molecular flexibility index (Phi) is 4.00. The number of hydrogen-bond donors (Lipinski definition) is 2. The van der Waals surface area contributed by atoms with Crippen molar-refractivity contribution < 1.29 is 9.50 Å². The summed E-state index contributed by atoms with van der Waals surface area (Å²) in [7, 11) is 0. The van der Waals surface area contributed by atoms with Crippen LogP contribution < -0.4 is 5.32 Å². The summed E-state index contributed by atoms with van der Waals surface area (Å²) in [5.41, 5.74) is 0.350. The molecule has 0 radical (unpaired) electrons. The molecule has 0 atom stereocenters. The number of aliphatic hydroxyl groups is 1. The maximum Gasteiger partial charge on any atom is 0.226 e. The monoisotopic (exact) mass is 327 g/mol. The van der Waals surface area contributed by atoms with Crippen molar-refractivity contribution in [2.75, 3.05) is 11.9 Å². The van der Waals surface area contributed by atoms with Gasteiger partial charge in [-0.3, -0.25) is 0 Å². The third-order valence-corrected chi connectivity index (χ3v) is 3.82. The van der Waals surface area contributed by atoms with Gasteiger partial charge < -0.3 is 15.0 Å². The molecular weight excluding hydrogens is 317 g/mol. The molecule has 0 bridgehead atoms. The van der Waals surface area contributed by atoms with Crippen LogP contribution >= 0.6 is 22.9 Å². The molecule has 0 unspecified atom stereocenters. The summed E-state index contributed by atoms with van der Waals surface area (Å²) in [6.07, 6.45) is 2.98. The molecule has 0 aliphatic rings. The van der Waals surface area contributed by atoms with Gasteiger partial charge in [-0.15, -0.1) is 11.3 Å². The highest BCUT2D eigenvalue weighted by Gasteiger charge is 2.16. The number of aliphatic hydroxyl groups excluding tert-OH is 1. The van der Waals surface area contributed by atoms with E-state index in [4.69, 9.17) is 16.7 Å². The SMILES string of the molecule is OCCn1cc(F)c2c(NCc3nccs3)nc(Cl)nc21. The van der Waals surface area contributed by atoms with Crippen LogP contribution in [0, 0.1) is 5.82 Å². The van der Waals surface area contributed by atoms with E-state index in [1.807, 2.05) is 5.38 Å². The summed E-state index contributed by atoms with van der Waals surface area (Å²) in [5.74, 6) is -0.147. The Morgan fingerprint density at radius 1 is 1.43 bits per heavy atom. The number of halogens is 2. The Hall–Kier alpha value is -1.77. The molecule has 3 heterocycles. The molecule has 0 aromatic carbocycles. The number of nitrogens with one attached hydrogen (secondary N) is 1. The van der Waals surface area contributed by atoms with Gasteiger partial charge in [0.1, 0.15) is 16.5 Å². The van der Waals surface area contributed by atoms with Crippen LogP contribution in [0.4, 0.5) is 10.2 Å². The lowest BCUT2D eigenvalue weighted by molar-refractivity contribution is 0.277. The number of anilines is 1. The van der Waals surface area contributed by atoms with E-state index in [0.29, 0.717) is 18.0 Å². The second kappa shape index (κ2) is 5.92. The van der Waals surface area contributed by atoms with Crippen LogP contribution in [0.15, 0.2) is 17.8 Å². The lowest BCUT2D eigenvalue weighted by Gasteiger charge is -2.07. The third kappa shape index (κ3) is 2.82. The van der Waals surface area contributed by atoms with E-state index in [1.165, 1.54) is 22.1 Å². The maximum atomic E-state index is 14.1. The van der Waals surface area contributed by atoms with Crippen LogP contribution in [0.25, 0.3) is 11.0 Å². The van der Waals surface area contributed by atoms with Gasteiger partial charge in [0.05, 0.1) is 18.5 Å². The molecule has 9 heteroatoms. The van der Waals surface area contributed by atoms with Gasteiger partial charge >= 0.3 is 0 Å². The third-order valence-electron chi connectivity index (χ3n) is 2.87. The van der Waals surface area contributed by atoms with Gasteiger partial charge in [0, 0.05) is 24.3 Å². The van der Waals surface area contributed by atoms with Crippen molar-refractivity contribution in [1.29, 1.82) is 0 Å². The average Bonchev–Trinajstić information content (AvgIpc) is 3.06. The minimum absolute atomic E-state index is 0.0152. The highest BCUT2D eigenvalue weighted by atomic mass is 35.5. The number of rotatable bonds is 5. The first-order chi connectivity index (χ1) is 10.2. The Morgan fingerprint density at radius 2 is 2.29 bits per heavy atom. The number of fused-ring (bicyclic) bond motifs is 1. The predicted molar refractivity (Wildman–Crippen MR) is 79.0 cm³/mol. The molecule has 21 heavy (non-hydrogen) atoms. The van der Waals surface area contributed by atoms with Crippen molar-refractivity contribution in [2.24, 2.45) is 0 Å². The van der Waals surface area contributed by atoms with Crippen molar-refractivity contribution in [3.05, 3.63) is 33.9 Å². The first-order valence-corrected chi connectivity index (χ1v) is 7.40. The molecule has 2 N–H and O–H groups in total. The standard InChI is InChI=1S/C12H11ClFN5OS/c13-12-17-10(16-5-8-15-1-4-21-8)9-7(14)6-19(2-3-20)11(9)18-12/h1,4,6,20H,2-3,5H2,(H,16,17,18). The summed E-state index contributed by atoms with van der Waals surface area (Å²) in [6.45, 7) is 0.539. The van der Waals surface area contributed by atoms with Crippen molar-refractivity contribution in [3.8, 4) is 0 Å². The molecule has 3 aromatic heterocycles. The van der Waals surface area contributed by atoms with E-state index in [2.05, 4.69) is 20.3 Å². The Balaban J connectivity index is 2.00. The first kappa shape index (κ1) is 14.2. The first-order valence-electron chi connectivity index (χ1n) is 6.14. The molecule has 6 nitrogen and oxygen atoms in total. The molecule has 0 saturated heterocycles. The Labute approximate surface area is 128 Å². The van der Waals surface area contributed by atoms with Gasteiger partial charge in [-0.25, -0.2) is 9.37 Å². The zero-order valence-corrected chi connectivity index (χ0v) is 12.3. The quantitative estimate of drug-likeness (QED) is 0.703. The summed E-state index contributed by atoms with van der Waals surface area (Å²) in [4.78, 5) is 12.2. The fourth-order valence-electron chi connectivity index (χ4n) is 2.02. The Bertz CT molecular complexity index is 761. The van der Waals surface area contributed by atoms with E-state index >= 15 is 0 Å². The minimum Gasteiger partial charge on any atom is -0.395 e. The van der Waals surface area contributed by atoms with E-state index in [1.54, 1.807) is 6.20 Å². The van der Waals surface area contributed by atoms with Crippen LogP contribution in [0.3, 0.4) is 0 Å². The summed E-state index contributed by atoms with van der Waals surface area (Å²) >= 11 is 7.38.